The first-order chi connectivity index (χ1) is 10.8. The van der Waals surface area contributed by atoms with Crippen molar-refractivity contribution < 1.29 is 14.3 Å². The molecule has 0 aliphatic carbocycles. The van der Waals surface area contributed by atoms with Crippen LogP contribution >= 0.6 is 0 Å². The number of nitrogens with one attached hydrogen (secondary N) is 2. The Kier molecular flexibility index (Phi) is 5.43. The van der Waals surface area contributed by atoms with Crippen molar-refractivity contribution in [2.75, 3.05) is 32.9 Å². The van der Waals surface area contributed by atoms with Crippen molar-refractivity contribution in [2.24, 2.45) is 5.92 Å². The van der Waals surface area contributed by atoms with E-state index in [0.717, 1.165) is 26.0 Å². The first-order valence-corrected chi connectivity index (χ1v) is 8.10. The normalized spacial score (nSPS) is 29.0. The van der Waals surface area contributed by atoms with E-state index in [0.29, 0.717) is 25.7 Å². The van der Waals surface area contributed by atoms with Gasteiger partial charge in [-0.25, -0.2) is 0 Å². The summed E-state index contributed by atoms with van der Waals surface area (Å²) in [7, 11) is 0. The first-order valence-electron chi connectivity index (χ1n) is 8.10. The SMILES string of the molecule is O=C(NCC1CCCOC1c1ccccc1)C1COCCN1. The molecule has 2 N–H and O–H groups in total. The quantitative estimate of drug-likeness (QED) is 0.879. The van der Waals surface area contributed by atoms with Crippen LogP contribution in [0.2, 0.25) is 0 Å². The van der Waals surface area contributed by atoms with E-state index in [1.165, 1.54) is 5.56 Å². The van der Waals surface area contributed by atoms with E-state index in [4.69, 9.17) is 9.47 Å². The van der Waals surface area contributed by atoms with E-state index >= 15 is 0 Å². The van der Waals surface area contributed by atoms with Gasteiger partial charge in [-0.05, 0) is 18.4 Å². The van der Waals surface area contributed by atoms with Gasteiger partial charge in [0.2, 0.25) is 5.91 Å². The van der Waals surface area contributed by atoms with Crippen LogP contribution in [-0.4, -0.2) is 44.9 Å². The van der Waals surface area contributed by atoms with Crippen LogP contribution in [0.25, 0.3) is 0 Å². The lowest BCUT2D eigenvalue weighted by molar-refractivity contribution is -0.126. The lowest BCUT2D eigenvalue weighted by atomic mass is 9.89. The lowest BCUT2D eigenvalue weighted by Gasteiger charge is -2.33. The summed E-state index contributed by atoms with van der Waals surface area (Å²) in [6.45, 7) is 3.31. The Labute approximate surface area is 131 Å². The van der Waals surface area contributed by atoms with Crippen molar-refractivity contribution >= 4 is 5.91 Å². The molecule has 1 aromatic carbocycles. The van der Waals surface area contributed by atoms with Crippen LogP contribution in [0.3, 0.4) is 0 Å². The summed E-state index contributed by atoms with van der Waals surface area (Å²) < 4.78 is 11.3. The maximum atomic E-state index is 12.2. The average molecular weight is 304 g/mol. The van der Waals surface area contributed by atoms with E-state index in [2.05, 4.69) is 22.8 Å². The highest BCUT2D eigenvalue weighted by atomic mass is 16.5. The van der Waals surface area contributed by atoms with Crippen LogP contribution < -0.4 is 10.6 Å². The lowest BCUT2D eigenvalue weighted by Crippen LogP contribution is -2.52. The Bertz CT molecular complexity index is 474. The van der Waals surface area contributed by atoms with Crippen LogP contribution in [0.15, 0.2) is 30.3 Å². The number of carbonyl (C=O) groups excluding carboxylic acids is 1. The minimum absolute atomic E-state index is 0.0251. The van der Waals surface area contributed by atoms with Crippen molar-refractivity contribution in [3.05, 3.63) is 35.9 Å². The van der Waals surface area contributed by atoms with Gasteiger partial charge in [0, 0.05) is 25.6 Å². The molecule has 5 heteroatoms. The van der Waals surface area contributed by atoms with E-state index in [1.807, 2.05) is 18.2 Å². The molecule has 0 spiro atoms. The van der Waals surface area contributed by atoms with Gasteiger partial charge in [0.1, 0.15) is 6.04 Å². The minimum atomic E-state index is -0.228. The van der Waals surface area contributed by atoms with Crippen LogP contribution in [0.1, 0.15) is 24.5 Å². The highest BCUT2D eigenvalue weighted by Gasteiger charge is 2.29. The zero-order valence-corrected chi connectivity index (χ0v) is 12.8. The van der Waals surface area contributed by atoms with Gasteiger partial charge in [0.15, 0.2) is 0 Å². The summed E-state index contributed by atoms with van der Waals surface area (Å²) >= 11 is 0. The molecule has 120 valence electrons. The molecule has 5 nitrogen and oxygen atoms in total. The molecule has 2 fully saturated rings. The zero-order valence-electron chi connectivity index (χ0n) is 12.8. The number of morpholine rings is 1. The zero-order chi connectivity index (χ0) is 15.2. The minimum Gasteiger partial charge on any atom is -0.378 e. The van der Waals surface area contributed by atoms with Crippen LogP contribution in [0.4, 0.5) is 0 Å². The first kappa shape index (κ1) is 15.5. The highest BCUT2D eigenvalue weighted by Crippen LogP contribution is 2.33. The third-order valence-electron chi connectivity index (χ3n) is 4.35. The predicted molar refractivity (Wildman–Crippen MR) is 83.5 cm³/mol. The van der Waals surface area contributed by atoms with Crippen molar-refractivity contribution in [1.29, 1.82) is 0 Å². The maximum absolute atomic E-state index is 12.2. The summed E-state index contributed by atoms with van der Waals surface area (Å²) in [5.74, 6) is 0.349. The largest absolute Gasteiger partial charge is 0.378 e. The fraction of sp³-hybridized carbons (Fsp3) is 0.588. The second-order valence-corrected chi connectivity index (χ2v) is 5.93. The van der Waals surface area contributed by atoms with Gasteiger partial charge in [-0.3, -0.25) is 4.79 Å². The van der Waals surface area contributed by atoms with Gasteiger partial charge in [0.05, 0.1) is 19.3 Å². The Balaban J connectivity index is 1.56. The Morgan fingerprint density at radius 2 is 2.14 bits per heavy atom. The molecule has 0 radical (unpaired) electrons. The Morgan fingerprint density at radius 1 is 1.27 bits per heavy atom. The van der Waals surface area contributed by atoms with Crippen molar-refractivity contribution in [1.82, 2.24) is 10.6 Å². The molecule has 2 saturated heterocycles. The van der Waals surface area contributed by atoms with E-state index in [-0.39, 0.29) is 18.1 Å². The Hall–Kier alpha value is -1.43. The molecular formula is C17H24N2O3. The van der Waals surface area contributed by atoms with Crippen molar-refractivity contribution in [2.45, 2.75) is 25.0 Å². The number of ether oxygens (including phenoxy) is 2. The molecule has 2 aliphatic heterocycles. The molecule has 1 amide bonds. The smallest absolute Gasteiger partial charge is 0.239 e. The van der Waals surface area contributed by atoms with E-state index in [1.54, 1.807) is 0 Å². The molecule has 3 unspecified atom stereocenters. The van der Waals surface area contributed by atoms with Crippen LogP contribution in [0.5, 0.6) is 0 Å². The van der Waals surface area contributed by atoms with Gasteiger partial charge in [-0.1, -0.05) is 30.3 Å². The van der Waals surface area contributed by atoms with Crippen molar-refractivity contribution in [3.8, 4) is 0 Å². The number of rotatable bonds is 4. The number of amides is 1. The molecule has 1 aromatic rings. The Morgan fingerprint density at radius 3 is 2.91 bits per heavy atom. The molecule has 22 heavy (non-hydrogen) atoms. The molecule has 0 bridgehead atoms. The monoisotopic (exact) mass is 304 g/mol. The third kappa shape index (κ3) is 3.85. The molecular weight excluding hydrogens is 280 g/mol. The summed E-state index contributed by atoms with van der Waals surface area (Å²) in [6.07, 6.45) is 2.20. The van der Waals surface area contributed by atoms with Gasteiger partial charge in [-0.2, -0.15) is 0 Å². The summed E-state index contributed by atoms with van der Waals surface area (Å²) in [4.78, 5) is 12.2. The molecule has 0 saturated carbocycles. The van der Waals surface area contributed by atoms with Gasteiger partial charge >= 0.3 is 0 Å². The summed E-state index contributed by atoms with van der Waals surface area (Å²) in [5, 5.41) is 6.24. The highest BCUT2D eigenvalue weighted by molar-refractivity contribution is 5.82. The van der Waals surface area contributed by atoms with Gasteiger partial charge in [-0.15, -0.1) is 0 Å². The van der Waals surface area contributed by atoms with Gasteiger partial charge < -0.3 is 20.1 Å². The third-order valence-corrected chi connectivity index (χ3v) is 4.35. The second kappa shape index (κ2) is 7.72. The molecule has 3 rings (SSSR count). The van der Waals surface area contributed by atoms with Crippen LogP contribution in [0, 0.1) is 5.92 Å². The molecule has 2 heterocycles. The number of benzene rings is 1. The van der Waals surface area contributed by atoms with Crippen LogP contribution in [-0.2, 0) is 14.3 Å². The summed E-state index contributed by atoms with van der Waals surface area (Å²) in [5.41, 5.74) is 1.19. The van der Waals surface area contributed by atoms with E-state index < -0.39 is 0 Å². The maximum Gasteiger partial charge on any atom is 0.239 e. The molecule has 0 aromatic heterocycles. The number of hydrogen-bond acceptors (Lipinski definition) is 4. The van der Waals surface area contributed by atoms with Crippen molar-refractivity contribution in [3.63, 3.8) is 0 Å². The predicted octanol–water partition coefficient (Wildman–Crippen LogP) is 1.26. The average Bonchev–Trinajstić information content (AvgIpc) is 2.61. The second-order valence-electron chi connectivity index (χ2n) is 5.93. The number of carbonyl (C=O) groups is 1. The standard InChI is InChI=1S/C17H24N2O3/c20-17(15-12-21-10-8-18-15)19-11-14-7-4-9-22-16(14)13-5-2-1-3-6-13/h1-3,5-6,14-16,18H,4,7-12H2,(H,19,20). The topological polar surface area (TPSA) is 59.6 Å². The van der Waals surface area contributed by atoms with Gasteiger partial charge in [0.25, 0.3) is 0 Å². The summed E-state index contributed by atoms with van der Waals surface area (Å²) in [6, 6.07) is 10.0. The molecule has 3 atom stereocenters. The molecule has 2 aliphatic rings. The fourth-order valence-corrected chi connectivity index (χ4v) is 3.15. The fourth-order valence-electron chi connectivity index (χ4n) is 3.15. The van der Waals surface area contributed by atoms with E-state index in [9.17, 15) is 4.79 Å². The number of hydrogen-bond donors (Lipinski definition) is 2.